The van der Waals surface area contributed by atoms with Gasteiger partial charge in [0.1, 0.15) is 18.8 Å². The van der Waals surface area contributed by atoms with Gasteiger partial charge in [0.05, 0.1) is 11.9 Å². The Kier molecular flexibility index (Phi) is 6.09. The number of hydrogen-bond donors (Lipinski definition) is 1. The van der Waals surface area contributed by atoms with E-state index in [0.717, 1.165) is 0 Å². The first-order chi connectivity index (χ1) is 10.3. The molecule has 0 atom stereocenters. The number of oxime groups is 1. The normalized spacial score (nSPS) is 11.5. The average Bonchev–Trinajstić information content (AvgIpc) is 2.78. The predicted octanol–water partition coefficient (Wildman–Crippen LogP) is 1.69. The van der Waals surface area contributed by atoms with E-state index in [1.807, 2.05) is 20.8 Å². The molecule has 1 heterocycles. The highest BCUT2D eigenvalue weighted by Crippen LogP contribution is 2.16. The molecule has 0 saturated heterocycles. The first kappa shape index (κ1) is 17.7. The summed E-state index contributed by atoms with van der Waals surface area (Å²) in [6.45, 7) is 9.13. The molecule has 22 heavy (non-hydrogen) atoms. The number of rotatable bonds is 6. The van der Waals surface area contributed by atoms with Gasteiger partial charge in [0.15, 0.2) is 0 Å². The first-order valence-corrected chi connectivity index (χ1v) is 6.86. The van der Waals surface area contributed by atoms with Gasteiger partial charge < -0.3 is 19.4 Å². The smallest absolute Gasteiger partial charge is 0.344 e. The topological polar surface area (TPSA) is 103 Å². The largest absolute Gasteiger partial charge is 0.456 e. The molecular weight excluding hydrogens is 290 g/mol. The predicted molar refractivity (Wildman–Crippen MR) is 78.9 cm³/mol. The molecule has 0 aliphatic heterocycles. The molecule has 0 unspecified atom stereocenters. The van der Waals surface area contributed by atoms with Crippen LogP contribution in [-0.2, 0) is 9.57 Å². The third-order valence-corrected chi connectivity index (χ3v) is 2.33. The highest BCUT2D eigenvalue weighted by Gasteiger charge is 2.28. The summed E-state index contributed by atoms with van der Waals surface area (Å²) in [4.78, 5) is 28.9. The number of hydrogen-bond acceptors (Lipinski definition) is 7. The average molecular weight is 311 g/mol. The van der Waals surface area contributed by atoms with Gasteiger partial charge in [-0.25, -0.2) is 4.79 Å². The molecule has 1 rings (SSSR count). The van der Waals surface area contributed by atoms with Crippen LogP contribution in [0.1, 0.15) is 54.3 Å². The minimum Gasteiger partial charge on any atom is -0.456 e. The molecule has 0 aromatic carbocycles. The highest BCUT2D eigenvalue weighted by molar-refractivity contribution is 6.04. The summed E-state index contributed by atoms with van der Waals surface area (Å²) in [6, 6.07) is 0. The van der Waals surface area contributed by atoms with Crippen LogP contribution < -0.4 is 5.32 Å². The molecule has 0 spiro atoms. The Morgan fingerprint density at radius 1 is 1.41 bits per heavy atom. The number of carbonyl (C=O) groups is 2. The van der Waals surface area contributed by atoms with Crippen molar-refractivity contribution in [2.45, 2.75) is 40.2 Å². The van der Waals surface area contributed by atoms with Crippen molar-refractivity contribution in [3.05, 3.63) is 17.0 Å². The van der Waals surface area contributed by atoms with E-state index < -0.39 is 17.4 Å². The number of nitrogens with zero attached hydrogens (tertiary/aromatic N) is 2. The van der Waals surface area contributed by atoms with Gasteiger partial charge in [-0.15, -0.1) is 0 Å². The summed E-state index contributed by atoms with van der Waals surface area (Å²) in [5, 5.41) is 9.90. The van der Waals surface area contributed by atoms with Crippen LogP contribution in [0.25, 0.3) is 0 Å². The number of aromatic nitrogens is 1. The molecule has 1 amide bonds. The fourth-order valence-electron chi connectivity index (χ4n) is 1.51. The van der Waals surface area contributed by atoms with E-state index in [1.165, 1.54) is 6.21 Å². The summed E-state index contributed by atoms with van der Waals surface area (Å²) in [5.41, 5.74) is -0.180. The van der Waals surface area contributed by atoms with Gasteiger partial charge in [0, 0.05) is 5.54 Å². The summed E-state index contributed by atoms with van der Waals surface area (Å²) >= 11 is 0. The number of esters is 1. The first-order valence-electron chi connectivity index (χ1n) is 6.86. The van der Waals surface area contributed by atoms with Crippen LogP contribution in [0.15, 0.2) is 9.68 Å². The second-order valence-corrected chi connectivity index (χ2v) is 5.48. The van der Waals surface area contributed by atoms with Gasteiger partial charge in [0.25, 0.3) is 5.91 Å². The standard InChI is InChI=1S/C14H21N3O5/c1-6-21-15-7-8-20-13(19)10-9(2)17-22-11(10)12(18)16-14(3,4)5/h7H,6,8H2,1-5H3,(H,16,18). The molecule has 8 nitrogen and oxygen atoms in total. The lowest BCUT2D eigenvalue weighted by atomic mass is 10.1. The van der Waals surface area contributed by atoms with Crippen molar-refractivity contribution in [3.63, 3.8) is 0 Å². The van der Waals surface area contributed by atoms with Crippen molar-refractivity contribution in [1.82, 2.24) is 10.5 Å². The number of carbonyl (C=O) groups excluding carboxylic acids is 2. The van der Waals surface area contributed by atoms with Gasteiger partial charge in [-0.05, 0) is 34.6 Å². The molecular formula is C14H21N3O5. The number of nitrogens with one attached hydrogen (secondary N) is 1. The van der Waals surface area contributed by atoms with E-state index in [-0.39, 0.29) is 23.6 Å². The summed E-state index contributed by atoms with van der Waals surface area (Å²) in [6.07, 6.45) is 1.30. The third kappa shape index (κ3) is 5.19. The Bertz CT molecular complexity index is 557. The van der Waals surface area contributed by atoms with Crippen LogP contribution in [0.2, 0.25) is 0 Å². The molecule has 8 heteroatoms. The molecule has 0 saturated carbocycles. The van der Waals surface area contributed by atoms with E-state index in [9.17, 15) is 9.59 Å². The molecule has 0 aliphatic rings. The fourth-order valence-corrected chi connectivity index (χ4v) is 1.51. The lowest BCUT2D eigenvalue weighted by Crippen LogP contribution is -2.41. The van der Waals surface area contributed by atoms with Gasteiger partial charge in [0.2, 0.25) is 5.76 Å². The van der Waals surface area contributed by atoms with Crippen LogP contribution in [-0.4, -0.2) is 42.0 Å². The van der Waals surface area contributed by atoms with E-state index in [1.54, 1.807) is 13.8 Å². The van der Waals surface area contributed by atoms with E-state index in [2.05, 4.69) is 15.6 Å². The highest BCUT2D eigenvalue weighted by atomic mass is 16.6. The lowest BCUT2D eigenvalue weighted by Gasteiger charge is -2.19. The zero-order chi connectivity index (χ0) is 16.8. The maximum absolute atomic E-state index is 12.1. The van der Waals surface area contributed by atoms with Crippen LogP contribution in [0, 0.1) is 6.92 Å². The summed E-state index contributed by atoms with van der Waals surface area (Å²) in [5.74, 6) is -1.40. The van der Waals surface area contributed by atoms with E-state index >= 15 is 0 Å². The zero-order valence-electron chi connectivity index (χ0n) is 13.4. The van der Waals surface area contributed by atoms with Gasteiger partial charge in [-0.1, -0.05) is 10.3 Å². The molecule has 0 radical (unpaired) electrons. The molecule has 1 aromatic heterocycles. The van der Waals surface area contributed by atoms with Crippen LogP contribution in [0.3, 0.4) is 0 Å². The van der Waals surface area contributed by atoms with Crippen molar-refractivity contribution >= 4 is 18.1 Å². The lowest BCUT2D eigenvalue weighted by molar-refractivity contribution is 0.0555. The minimum absolute atomic E-state index is 0.00607. The molecule has 0 bridgehead atoms. The number of aryl methyl sites for hydroxylation is 1. The van der Waals surface area contributed by atoms with E-state index in [0.29, 0.717) is 6.61 Å². The molecule has 1 aromatic rings. The monoisotopic (exact) mass is 311 g/mol. The van der Waals surface area contributed by atoms with Crippen molar-refractivity contribution < 1.29 is 23.7 Å². The minimum atomic E-state index is -0.708. The zero-order valence-corrected chi connectivity index (χ0v) is 13.4. The Balaban J connectivity index is 2.80. The fraction of sp³-hybridized carbons (Fsp3) is 0.571. The number of ether oxygens (including phenoxy) is 1. The van der Waals surface area contributed by atoms with Crippen molar-refractivity contribution in [3.8, 4) is 0 Å². The Hall–Kier alpha value is -2.38. The summed E-state index contributed by atoms with van der Waals surface area (Å²) in [7, 11) is 0. The molecule has 0 fully saturated rings. The van der Waals surface area contributed by atoms with Gasteiger partial charge in [-0.2, -0.15) is 0 Å². The number of amides is 1. The van der Waals surface area contributed by atoms with Crippen molar-refractivity contribution in [2.24, 2.45) is 5.16 Å². The molecule has 0 aliphatic carbocycles. The van der Waals surface area contributed by atoms with Crippen molar-refractivity contribution in [1.29, 1.82) is 0 Å². The maximum Gasteiger partial charge on any atom is 0.344 e. The van der Waals surface area contributed by atoms with Crippen LogP contribution in [0.5, 0.6) is 0 Å². The Morgan fingerprint density at radius 3 is 2.68 bits per heavy atom. The van der Waals surface area contributed by atoms with Crippen molar-refractivity contribution in [2.75, 3.05) is 13.2 Å². The van der Waals surface area contributed by atoms with Crippen LogP contribution >= 0.6 is 0 Å². The molecule has 1 N–H and O–H groups in total. The third-order valence-electron chi connectivity index (χ3n) is 2.33. The van der Waals surface area contributed by atoms with Crippen LogP contribution in [0.4, 0.5) is 0 Å². The second-order valence-electron chi connectivity index (χ2n) is 5.48. The van der Waals surface area contributed by atoms with Gasteiger partial charge >= 0.3 is 5.97 Å². The van der Waals surface area contributed by atoms with Gasteiger partial charge in [-0.3, -0.25) is 4.79 Å². The summed E-state index contributed by atoms with van der Waals surface area (Å²) < 4.78 is 9.93. The van der Waals surface area contributed by atoms with E-state index in [4.69, 9.17) is 14.1 Å². The SMILES string of the molecule is CCON=CCOC(=O)c1c(C)noc1C(=O)NC(C)(C)C. The Labute approximate surface area is 128 Å². The Morgan fingerprint density at radius 2 is 2.09 bits per heavy atom. The second kappa shape index (κ2) is 7.58. The quantitative estimate of drug-likeness (QED) is 0.487. The maximum atomic E-state index is 12.1. The molecule has 122 valence electrons.